The van der Waals surface area contributed by atoms with Gasteiger partial charge in [0.1, 0.15) is 4.90 Å². The molecule has 2 aromatic carbocycles. The quantitative estimate of drug-likeness (QED) is 0.679. The first kappa shape index (κ1) is 15.8. The first-order chi connectivity index (χ1) is 9.29. The van der Waals surface area contributed by atoms with E-state index in [4.69, 9.17) is 0 Å². The van der Waals surface area contributed by atoms with E-state index in [2.05, 4.69) is 43.2 Å². The average Bonchev–Trinajstić information content (AvgIpc) is 2.32. The maximum absolute atomic E-state index is 12.4. The third-order valence-corrected chi connectivity index (χ3v) is 5.82. The third-order valence-electron chi connectivity index (χ3n) is 2.81. The normalized spacial score (nSPS) is 11.4. The van der Waals surface area contributed by atoms with Gasteiger partial charge in [-0.15, -0.1) is 0 Å². The van der Waals surface area contributed by atoms with Gasteiger partial charge in [-0.05, 0) is 93.8 Å². The van der Waals surface area contributed by atoms with Gasteiger partial charge in [0.25, 0.3) is 10.0 Å². The number of benzene rings is 2. The Morgan fingerprint density at radius 3 is 2.40 bits per heavy atom. The van der Waals surface area contributed by atoms with Gasteiger partial charge in [0, 0.05) is 8.04 Å². The third kappa shape index (κ3) is 3.53. The van der Waals surface area contributed by atoms with Crippen LogP contribution < -0.4 is 4.72 Å². The van der Waals surface area contributed by atoms with Crippen molar-refractivity contribution in [2.45, 2.75) is 18.7 Å². The van der Waals surface area contributed by atoms with Crippen LogP contribution in [0.25, 0.3) is 0 Å². The molecule has 0 aliphatic rings. The predicted octanol–water partition coefficient (Wildman–Crippen LogP) is 4.47. The summed E-state index contributed by atoms with van der Waals surface area (Å²) in [6.45, 7) is 3.79. The summed E-state index contributed by atoms with van der Waals surface area (Å²) in [5, 5.41) is 0. The van der Waals surface area contributed by atoms with E-state index in [0.717, 1.165) is 14.7 Å². The summed E-state index contributed by atoms with van der Waals surface area (Å²) in [5.41, 5.74) is 2.49. The number of aryl methyl sites for hydroxylation is 2. The van der Waals surface area contributed by atoms with Gasteiger partial charge in [-0.3, -0.25) is 4.72 Å². The molecule has 0 spiro atoms. The molecular formula is C14H13BrINO2S. The van der Waals surface area contributed by atoms with E-state index in [9.17, 15) is 8.42 Å². The fraction of sp³-hybridized carbons (Fsp3) is 0.143. The molecule has 0 aliphatic carbocycles. The Kier molecular flexibility index (Phi) is 4.76. The van der Waals surface area contributed by atoms with Crippen LogP contribution in [0.2, 0.25) is 0 Å². The lowest BCUT2D eigenvalue weighted by Gasteiger charge is -2.12. The molecule has 3 nitrogen and oxygen atoms in total. The smallest absolute Gasteiger partial charge is 0.263 e. The van der Waals surface area contributed by atoms with Gasteiger partial charge in [-0.2, -0.15) is 0 Å². The lowest BCUT2D eigenvalue weighted by Crippen LogP contribution is -2.14. The van der Waals surface area contributed by atoms with Crippen LogP contribution in [-0.4, -0.2) is 8.42 Å². The molecule has 0 saturated heterocycles. The Hall–Kier alpha value is -0.600. The van der Waals surface area contributed by atoms with E-state index in [0.29, 0.717) is 10.2 Å². The molecule has 0 unspecified atom stereocenters. The predicted molar refractivity (Wildman–Crippen MR) is 93.6 cm³/mol. The molecule has 1 N–H and O–H groups in total. The van der Waals surface area contributed by atoms with E-state index in [1.165, 1.54) is 0 Å². The van der Waals surface area contributed by atoms with Gasteiger partial charge < -0.3 is 0 Å². The molecule has 106 valence electrons. The topological polar surface area (TPSA) is 46.2 Å². The highest BCUT2D eigenvalue weighted by Gasteiger charge is 2.18. The van der Waals surface area contributed by atoms with Gasteiger partial charge in [0.05, 0.1) is 5.69 Å². The summed E-state index contributed by atoms with van der Waals surface area (Å²) in [4.78, 5) is 0.237. The van der Waals surface area contributed by atoms with Crippen LogP contribution in [0.15, 0.2) is 45.8 Å². The first-order valence-corrected chi connectivity index (χ1v) is 9.20. The average molecular weight is 466 g/mol. The monoisotopic (exact) mass is 465 g/mol. The van der Waals surface area contributed by atoms with Gasteiger partial charge >= 0.3 is 0 Å². The molecule has 20 heavy (non-hydrogen) atoms. The number of hydrogen-bond donors (Lipinski definition) is 1. The molecule has 0 bridgehead atoms. The van der Waals surface area contributed by atoms with Gasteiger partial charge in [-0.25, -0.2) is 8.42 Å². The number of hydrogen-bond acceptors (Lipinski definition) is 2. The second kappa shape index (κ2) is 6.03. The molecule has 0 saturated carbocycles. The van der Waals surface area contributed by atoms with Crippen LogP contribution in [0.4, 0.5) is 5.69 Å². The highest BCUT2D eigenvalue weighted by molar-refractivity contribution is 14.1. The van der Waals surface area contributed by atoms with Crippen molar-refractivity contribution in [3.63, 3.8) is 0 Å². The lowest BCUT2D eigenvalue weighted by atomic mass is 10.2. The molecule has 6 heteroatoms. The van der Waals surface area contributed by atoms with E-state index >= 15 is 0 Å². The maximum Gasteiger partial charge on any atom is 0.263 e. The zero-order chi connectivity index (χ0) is 14.9. The number of nitrogens with one attached hydrogen (secondary N) is 1. The summed E-state index contributed by atoms with van der Waals surface area (Å²) >= 11 is 5.50. The van der Waals surface area contributed by atoms with Gasteiger partial charge in [0.2, 0.25) is 0 Å². The molecular weight excluding hydrogens is 453 g/mol. The van der Waals surface area contributed by atoms with Gasteiger partial charge in [0.15, 0.2) is 0 Å². The Morgan fingerprint density at radius 2 is 1.80 bits per heavy atom. The molecule has 0 aromatic heterocycles. The molecule has 2 rings (SSSR count). The number of rotatable bonds is 3. The molecule has 0 amide bonds. The van der Waals surface area contributed by atoms with E-state index in [-0.39, 0.29) is 4.90 Å². The zero-order valence-electron chi connectivity index (χ0n) is 10.9. The molecule has 0 heterocycles. The van der Waals surface area contributed by atoms with Crippen molar-refractivity contribution < 1.29 is 8.42 Å². The summed E-state index contributed by atoms with van der Waals surface area (Å²) in [6, 6.07) is 10.7. The second-order valence-corrected chi connectivity index (χ2v) is 8.25. The Bertz CT molecular complexity index is 760. The molecule has 0 radical (unpaired) electrons. The number of halogens is 2. The fourth-order valence-electron chi connectivity index (χ4n) is 1.77. The summed E-state index contributed by atoms with van der Waals surface area (Å²) < 4.78 is 29.1. The first-order valence-electron chi connectivity index (χ1n) is 5.85. The Morgan fingerprint density at radius 1 is 1.10 bits per heavy atom. The van der Waals surface area contributed by atoms with Crippen molar-refractivity contribution in [2.24, 2.45) is 0 Å². The number of sulfonamides is 1. The van der Waals surface area contributed by atoms with Crippen LogP contribution in [0.3, 0.4) is 0 Å². The summed E-state index contributed by atoms with van der Waals surface area (Å²) in [7, 11) is -3.60. The molecule has 0 fully saturated rings. The fourth-order valence-corrected chi connectivity index (χ4v) is 4.74. The SMILES string of the molecule is Cc1ccc(S(=O)(=O)Nc2ccc(I)cc2C)c(Br)c1. The minimum absolute atomic E-state index is 0.237. The molecule has 0 aliphatic heterocycles. The van der Waals surface area contributed by atoms with Crippen LogP contribution in [-0.2, 0) is 10.0 Å². The summed E-state index contributed by atoms with van der Waals surface area (Å²) in [5.74, 6) is 0. The minimum Gasteiger partial charge on any atom is -0.279 e. The Balaban J connectivity index is 2.41. The zero-order valence-corrected chi connectivity index (χ0v) is 15.5. The highest BCUT2D eigenvalue weighted by atomic mass is 127. The van der Waals surface area contributed by atoms with Crippen molar-refractivity contribution in [3.05, 3.63) is 55.6 Å². The minimum atomic E-state index is -3.60. The van der Waals surface area contributed by atoms with Gasteiger partial charge in [-0.1, -0.05) is 6.07 Å². The second-order valence-electron chi connectivity index (χ2n) is 4.50. The lowest BCUT2D eigenvalue weighted by molar-refractivity contribution is 0.600. The van der Waals surface area contributed by atoms with E-state index in [1.54, 1.807) is 24.3 Å². The van der Waals surface area contributed by atoms with Crippen LogP contribution >= 0.6 is 38.5 Å². The van der Waals surface area contributed by atoms with Crippen LogP contribution in [0.1, 0.15) is 11.1 Å². The van der Waals surface area contributed by atoms with Crippen molar-refractivity contribution in [2.75, 3.05) is 4.72 Å². The maximum atomic E-state index is 12.4. The largest absolute Gasteiger partial charge is 0.279 e. The molecule has 2 aromatic rings. The van der Waals surface area contributed by atoms with E-state index in [1.807, 2.05) is 26.0 Å². The van der Waals surface area contributed by atoms with Crippen LogP contribution in [0, 0.1) is 17.4 Å². The molecule has 0 atom stereocenters. The van der Waals surface area contributed by atoms with Crippen molar-refractivity contribution in [3.8, 4) is 0 Å². The van der Waals surface area contributed by atoms with E-state index < -0.39 is 10.0 Å². The van der Waals surface area contributed by atoms with Crippen LogP contribution in [0.5, 0.6) is 0 Å². The van der Waals surface area contributed by atoms with Crippen molar-refractivity contribution in [1.29, 1.82) is 0 Å². The summed E-state index contributed by atoms with van der Waals surface area (Å²) in [6.07, 6.45) is 0. The standard InChI is InChI=1S/C14H13BrINO2S/c1-9-3-6-14(12(15)7-9)20(18,19)17-13-5-4-11(16)8-10(13)2/h3-8,17H,1-2H3. The number of anilines is 1. The highest BCUT2D eigenvalue weighted by Crippen LogP contribution is 2.26. The van der Waals surface area contributed by atoms with Crippen molar-refractivity contribution >= 4 is 54.2 Å². The Labute approximate surface area is 141 Å². The van der Waals surface area contributed by atoms with Crippen molar-refractivity contribution in [1.82, 2.24) is 0 Å².